The van der Waals surface area contributed by atoms with Crippen molar-refractivity contribution < 1.29 is 14.7 Å². The average Bonchev–Trinajstić information content (AvgIpc) is 2.38. The van der Waals surface area contributed by atoms with Crippen molar-refractivity contribution in [3.63, 3.8) is 0 Å². The molecule has 1 rings (SSSR count). The highest BCUT2D eigenvalue weighted by Crippen LogP contribution is 2.19. The van der Waals surface area contributed by atoms with Crippen LogP contribution in [0.15, 0.2) is 24.3 Å². The largest absolute Gasteiger partial charge is 0.481 e. The summed E-state index contributed by atoms with van der Waals surface area (Å²) in [6, 6.07) is 7.45. The lowest BCUT2D eigenvalue weighted by molar-refractivity contribution is -0.147. The van der Waals surface area contributed by atoms with Crippen LogP contribution in [0.2, 0.25) is 0 Å². The van der Waals surface area contributed by atoms with Crippen molar-refractivity contribution in [2.75, 3.05) is 6.54 Å². The monoisotopic (exact) mass is 263 g/mol. The highest BCUT2D eigenvalue weighted by molar-refractivity contribution is 5.95. The van der Waals surface area contributed by atoms with E-state index < -0.39 is 11.4 Å². The molecule has 0 aliphatic carbocycles. The quantitative estimate of drug-likeness (QED) is 0.828. The second-order valence-corrected chi connectivity index (χ2v) is 5.21. The van der Waals surface area contributed by atoms with Crippen LogP contribution in [-0.4, -0.2) is 23.5 Å². The number of hydrogen-bond donors (Lipinski definition) is 2. The van der Waals surface area contributed by atoms with Gasteiger partial charge in [0, 0.05) is 12.1 Å². The molecule has 0 saturated carbocycles. The van der Waals surface area contributed by atoms with Crippen LogP contribution in [0.4, 0.5) is 0 Å². The van der Waals surface area contributed by atoms with Crippen LogP contribution >= 0.6 is 0 Å². The molecule has 0 saturated heterocycles. The average molecular weight is 263 g/mol. The van der Waals surface area contributed by atoms with Gasteiger partial charge in [0.15, 0.2) is 0 Å². The highest BCUT2D eigenvalue weighted by Gasteiger charge is 2.26. The number of nitrogens with one attached hydrogen (secondary N) is 1. The Hall–Kier alpha value is -1.84. The lowest BCUT2D eigenvalue weighted by atomic mass is 9.89. The Morgan fingerprint density at radius 2 is 1.89 bits per heavy atom. The summed E-state index contributed by atoms with van der Waals surface area (Å²) in [4.78, 5) is 23.0. The molecule has 0 heterocycles. The van der Waals surface area contributed by atoms with Crippen molar-refractivity contribution >= 4 is 11.9 Å². The van der Waals surface area contributed by atoms with Gasteiger partial charge in [0.2, 0.25) is 0 Å². The van der Waals surface area contributed by atoms with E-state index in [2.05, 4.69) is 5.32 Å². The molecular formula is C15H21NO3. The number of aliphatic carboxylic acids is 1. The smallest absolute Gasteiger partial charge is 0.309 e. The molecule has 2 N–H and O–H groups in total. The molecule has 0 aromatic heterocycles. The molecule has 104 valence electrons. The summed E-state index contributed by atoms with van der Waals surface area (Å²) < 4.78 is 0. The lowest BCUT2D eigenvalue weighted by Crippen LogP contribution is -2.32. The van der Waals surface area contributed by atoms with Crippen molar-refractivity contribution in [2.45, 2.75) is 33.6 Å². The van der Waals surface area contributed by atoms with Crippen LogP contribution < -0.4 is 5.32 Å². The molecule has 0 atom stereocenters. The Balaban J connectivity index is 2.59. The first-order chi connectivity index (χ1) is 8.88. The molecule has 19 heavy (non-hydrogen) atoms. The molecule has 0 spiro atoms. The summed E-state index contributed by atoms with van der Waals surface area (Å²) in [6.45, 7) is 5.67. The van der Waals surface area contributed by atoms with Crippen LogP contribution in [-0.2, 0) is 11.2 Å². The van der Waals surface area contributed by atoms with Gasteiger partial charge in [0.25, 0.3) is 5.91 Å². The molecule has 0 unspecified atom stereocenters. The fraction of sp³-hybridized carbons (Fsp3) is 0.467. The molecule has 1 aromatic carbocycles. The molecule has 1 aromatic rings. The van der Waals surface area contributed by atoms with Crippen molar-refractivity contribution in [1.29, 1.82) is 0 Å². The first kappa shape index (κ1) is 15.2. The Morgan fingerprint density at radius 1 is 1.26 bits per heavy atom. The third kappa shape index (κ3) is 4.09. The zero-order valence-electron chi connectivity index (χ0n) is 11.7. The van der Waals surface area contributed by atoms with Gasteiger partial charge in [0.1, 0.15) is 0 Å². The van der Waals surface area contributed by atoms with E-state index in [0.717, 1.165) is 12.0 Å². The van der Waals surface area contributed by atoms with Gasteiger partial charge >= 0.3 is 5.97 Å². The molecule has 0 aliphatic heterocycles. The van der Waals surface area contributed by atoms with E-state index in [1.165, 1.54) is 0 Å². The van der Waals surface area contributed by atoms with E-state index in [-0.39, 0.29) is 5.91 Å². The van der Waals surface area contributed by atoms with Crippen LogP contribution in [0.3, 0.4) is 0 Å². The number of aryl methyl sites for hydroxylation is 1. The summed E-state index contributed by atoms with van der Waals surface area (Å²) in [5, 5.41) is 11.8. The summed E-state index contributed by atoms with van der Waals surface area (Å²) in [5.74, 6) is -0.991. The van der Waals surface area contributed by atoms with Gasteiger partial charge in [-0.25, -0.2) is 0 Å². The van der Waals surface area contributed by atoms with Crippen LogP contribution in [0, 0.1) is 5.41 Å². The number of carbonyl (C=O) groups excluding carboxylic acids is 1. The maximum absolute atomic E-state index is 12.0. The van der Waals surface area contributed by atoms with Crippen LogP contribution in [0.1, 0.15) is 43.1 Å². The standard InChI is InChI=1S/C15H21NO3/c1-4-11-7-5-6-8-12(11)13(17)16-10-9-15(2,3)14(18)19/h5-8H,4,9-10H2,1-3H3,(H,16,17)(H,18,19). The Labute approximate surface area is 113 Å². The maximum Gasteiger partial charge on any atom is 0.309 e. The number of carboxylic acids is 1. The molecule has 0 bridgehead atoms. The fourth-order valence-corrected chi connectivity index (χ4v) is 1.74. The van der Waals surface area contributed by atoms with E-state index in [1.54, 1.807) is 19.9 Å². The lowest BCUT2D eigenvalue weighted by Gasteiger charge is -2.19. The molecule has 0 aliphatic rings. The Bertz CT molecular complexity index is 466. The highest BCUT2D eigenvalue weighted by atomic mass is 16.4. The van der Waals surface area contributed by atoms with Crippen molar-refractivity contribution in [3.8, 4) is 0 Å². The van der Waals surface area contributed by atoms with Gasteiger partial charge < -0.3 is 10.4 Å². The molecule has 4 heteroatoms. The normalized spacial score (nSPS) is 11.1. The van der Waals surface area contributed by atoms with Crippen molar-refractivity contribution in [2.24, 2.45) is 5.41 Å². The second kappa shape index (κ2) is 6.36. The first-order valence-corrected chi connectivity index (χ1v) is 6.48. The van der Waals surface area contributed by atoms with Crippen molar-refractivity contribution in [3.05, 3.63) is 35.4 Å². The Kier molecular flexibility index (Phi) is 5.10. The SMILES string of the molecule is CCc1ccccc1C(=O)NCCC(C)(C)C(=O)O. The number of carbonyl (C=O) groups is 2. The minimum atomic E-state index is -0.851. The summed E-state index contributed by atoms with van der Waals surface area (Å²) in [7, 11) is 0. The van der Waals surface area contributed by atoms with E-state index in [1.807, 2.05) is 25.1 Å². The summed E-state index contributed by atoms with van der Waals surface area (Å²) >= 11 is 0. The minimum Gasteiger partial charge on any atom is -0.481 e. The van der Waals surface area contributed by atoms with Gasteiger partial charge in [-0.05, 0) is 38.3 Å². The first-order valence-electron chi connectivity index (χ1n) is 6.48. The predicted octanol–water partition coefficient (Wildman–Crippen LogP) is 2.48. The van der Waals surface area contributed by atoms with Crippen molar-refractivity contribution in [1.82, 2.24) is 5.32 Å². The predicted molar refractivity (Wildman–Crippen MR) is 74.2 cm³/mol. The van der Waals surface area contributed by atoms with Crippen LogP contribution in [0.5, 0.6) is 0 Å². The van der Waals surface area contributed by atoms with Gasteiger partial charge in [-0.2, -0.15) is 0 Å². The minimum absolute atomic E-state index is 0.140. The molecular weight excluding hydrogens is 242 g/mol. The maximum atomic E-state index is 12.0. The molecule has 4 nitrogen and oxygen atoms in total. The van der Waals surface area contributed by atoms with Gasteiger partial charge in [-0.15, -0.1) is 0 Å². The number of amides is 1. The van der Waals surface area contributed by atoms with Crippen LogP contribution in [0.25, 0.3) is 0 Å². The van der Waals surface area contributed by atoms with E-state index in [4.69, 9.17) is 5.11 Å². The summed E-state index contributed by atoms with van der Waals surface area (Å²) in [5.41, 5.74) is 0.841. The summed E-state index contributed by atoms with van der Waals surface area (Å²) in [6.07, 6.45) is 1.20. The number of rotatable bonds is 6. The molecule has 0 radical (unpaired) electrons. The van der Waals surface area contributed by atoms with Gasteiger partial charge in [-0.3, -0.25) is 9.59 Å². The number of benzene rings is 1. The van der Waals surface area contributed by atoms with E-state index in [0.29, 0.717) is 18.5 Å². The second-order valence-electron chi connectivity index (χ2n) is 5.21. The van der Waals surface area contributed by atoms with E-state index in [9.17, 15) is 9.59 Å². The fourth-order valence-electron chi connectivity index (χ4n) is 1.74. The number of carboxylic acid groups (broad SMARTS) is 1. The zero-order chi connectivity index (χ0) is 14.5. The Morgan fingerprint density at radius 3 is 2.47 bits per heavy atom. The third-order valence-corrected chi connectivity index (χ3v) is 3.26. The molecule has 0 fully saturated rings. The topological polar surface area (TPSA) is 66.4 Å². The number of hydrogen-bond acceptors (Lipinski definition) is 2. The molecule has 1 amide bonds. The third-order valence-electron chi connectivity index (χ3n) is 3.26. The van der Waals surface area contributed by atoms with Gasteiger partial charge in [-0.1, -0.05) is 25.1 Å². The van der Waals surface area contributed by atoms with E-state index >= 15 is 0 Å². The van der Waals surface area contributed by atoms with Gasteiger partial charge in [0.05, 0.1) is 5.41 Å². The zero-order valence-corrected chi connectivity index (χ0v) is 11.7.